The van der Waals surface area contributed by atoms with E-state index in [9.17, 15) is 32.7 Å². The van der Waals surface area contributed by atoms with E-state index >= 15 is 0 Å². The summed E-state index contributed by atoms with van der Waals surface area (Å²) >= 11 is 0. The third-order valence-electron chi connectivity index (χ3n) is 4.83. The second-order valence-electron chi connectivity index (χ2n) is 10.1. The van der Waals surface area contributed by atoms with E-state index < -0.39 is 54.3 Å². The molecule has 5 N–H and O–H groups in total. The van der Waals surface area contributed by atoms with Gasteiger partial charge in [-0.2, -0.15) is 0 Å². The molecule has 1 aromatic carbocycles. The van der Waals surface area contributed by atoms with E-state index in [2.05, 4.69) is 26.0 Å². The van der Waals surface area contributed by atoms with Crippen molar-refractivity contribution < 1.29 is 42.1 Å². The van der Waals surface area contributed by atoms with Crippen molar-refractivity contribution in [3.8, 4) is 5.75 Å². The molecule has 0 saturated carbocycles. The zero-order valence-electron chi connectivity index (χ0n) is 22.6. The topological polar surface area (TPSA) is 138 Å². The first-order valence-electron chi connectivity index (χ1n) is 12.4. The number of ether oxygens (including phenoxy) is 2. The first-order valence-corrected chi connectivity index (χ1v) is 12.4. The van der Waals surface area contributed by atoms with Gasteiger partial charge in [0, 0.05) is 6.54 Å². The summed E-state index contributed by atoms with van der Waals surface area (Å²) in [7, 11) is 0. The van der Waals surface area contributed by atoms with Gasteiger partial charge in [0.15, 0.2) is 0 Å². The molecule has 0 aromatic heterocycles. The number of alkyl halides is 3. The normalized spacial score (nSPS) is 13.4. The van der Waals surface area contributed by atoms with Gasteiger partial charge in [-0.1, -0.05) is 27.2 Å². The van der Waals surface area contributed by atoms with Crippen LogP contribution in [0.5, 0.6) is 5.75 Å². The Morgan fingerprint density at radius 2 is 1.74 bits per heavy atom. The highest BCUT2D eigenvalue weighted by Gasteiger charge is 2.32. The summed E-state index contributed by atoms with van der Waals surface area (Å²) < 4.78 is 47.1. The van der Waals surface area contributed by atoms with Crippen molar-refractivity contribution >= 4 is 23.6 Å². The van der Waals surface area contributed by atoms with Gasteiger partial charge in [-0.15, -0.1) is 13.2 Å². The van der Waals surface area contributed by atoms with Gasteiger partial charge in [0.25, 0.3) is 5.91 Å². The Labute approximate surface area is 221 Å². The Balaban J connectivity index is 2.99. The monoisotopic (exact) mass is 548 g/mol. The second-order valence-corrected chi connectivity index (χ2v) is 10.1. The fraction of sp³-hybridized carbons (Fsp3) is 0.640. The summed E-state index contributed by atoms with van der Waals surface area (Å²) in [6, 6.07) is 2.15. The van der Waals surface area contributed by atoms with Crippen LogP contribution in [0.25, 0.3) is 0 Å². The molecule has 0 aliphatic rings. The van der Waals surface area contributed by atoms with Gasteiger partial charge in [-0.25, -0.2) is 4.79 Å². The van der Waals surface area contributed by atoms with E-state index in [1.165, 1.54) is 0 Å². The summed E-state index contributed by atoms with van der Waals surface area (Å²) in [4.78, 5) is 37.6. The molecule has 1 aromatic rings. The van der Waals surface area contributed by atoms with Crippen LogP contribution in [0.1, 0.15) is 64.7 Å². The van der Waals surface area contributed by atoms with Crippen molar-refractivity contribution in [2.75, 3.05) is 25.0 Å². The maximum absolute atomic E-state index is 12.8. The standard InChI is InChI=1S/C25H39F3N4O6/c1-7-8-20(33)19(13-29-12-15(2)3)31-21(34)14-30-22(35)17-11-16(37-25(26,27)28)9-10-18(17)32-23(36)38-24(4,5)6/h9-11,15,19-20,29,33H,7-8,12-14H2,1-6H3,(H,30,35)(H,31,34)(H,32,36)/t19-,20-/m0/s1. The molecule has 0 fully saturated rings. The number of carbonyl (C=O) groups excluding carboxylic acids is 3. The number of aliphatic hydroxyl groups excluding tert-OH is 1. The van der Waals surface area contributed by atoms with Crippen molar-refractivity contribution in [1.29, 1.82) is 0 Å². The van der Waals surface area contributed by atoms with Crippen molar-refractivity contribution in [3.63, 3.8) is 0 Å². The minimum absolute atomic E-state index is 0.152. The average molecular weight is 549 g/mol. The lowest BCUT2D eigenvalue weighted by molar-refractivity contribution is -0.274. The molecule has 0 aliphatic heterocycles. The van der Waals surface area contributed by atoms with Crippen molar-refractivity contribution in [3.05, 3.63) is 23.8 Å². The zero-order valence-corrected chi connectivity index (χ0v) is 22.6. The lowest BCUT2D eigenvalue weighted by atomic mass is 10.1. The Morgan fingerprint density at radius 3 is 2.29 bits per heavy atom. The number of aliphatic hydroxyl groups is 1. The molecule has 0 unspecified atom stereocenters. The maximum Gasteiger partial charge on any atom is 0.573 e. The van der Waals surface area contributed by atoms with Crippen LogP contribution in [-0.4, -0.2) is 66.8 Å². The summed E-state index contributed by atoms with van der Waals surface area (Å²) in [5.74, 6) is -1.90. The van der Waals surface area contributed by atoms with Crippen LogP contribution in [0.2, 0.25) is 0 Å². The van der Waals surface area contributed by atoms with Gasteiger partial charge in [-0.3, -0.25) is 14.9 Å². The predicted molar refractivity (Wildman–Crippen MR) is 136 cm³/mol. The Hall–Kier alpha value is -3.06. The number of nitrogens with one attached hydrogen (secondary N) is 4. The summed E-state index contributed by atoms with van der Waals surface area (Å²) in [6.45, 7) is 11.2. The highest BCUT2D eigenvalue weighted by Crippen LogP contribution is 2.28. The van der Waals surface area contributed by atoms with Crippen LogP contribution in [0.3, 0.4) is 0 Å². The number of hydrogen-bond acceptors (Lipinski definition) is 7. The lowest BCUT2D eigenvalue weighted by Gasteiger charge is -2.25. The first-order chi connectivity index (χ1) is 17.5. The molecular weight excluding hydrogens is 509 g/mol. The van der Waals surface area contributed by atoms with E-state index in [1.54, 1.807) is 20.8 Å². The van der Waals surface area contributed by atoms with Gasteiger partial charge in [-0.05, 0) is 57.9 Å². The quantitative estimate of drug-likeness (QED) is 0.254. The number of hydrogen-bond donors (Lipinski definition) is 5. The summed E-state index contributed by atoms with van der Waals surface area (Å²) in [5.41, 5.74) is -1.40. The largest absolute Gasteiger partial charge is 0.573 e. The SMILES string of the molecule is CCC[C@H](O)[C@H](CNCC(C)C)NC(=O)CNC(=O)c1cc(OC(F)(F)F)ccc1NC(=O)OC(C)(C)C. The molecule has 3 amide bonds. The van der Waals surface area contributed by atoms with Crippen LogP contribution < -0.4 is 26.0 Å². The molecular formula is C25H39F3N4O6. The number of halogens is 3. The number of carbonyl (C=O) groups is 3. The molecule has 38 heavy (non-hydrogen) atoms. The number of rotatable bonds is 13. The molecule has 13 heteroatoms. The number of amides is 3. The zero-order chi connectivity index (χ0) is 29.1. The van der Waals surface area contributed by atoms with Crippen molar-refractivity contribution in [2.24, 2.45) is 5.92 Å². The molecule has 0 radical (unpaired) electrons. The molecule has 0 spiro atoms. The van der Waals surface area contributed by atoms with Gasteiger partial charge in [0.2, 0.25) is 5.91 Å². The average Bonchev–Trinajstić information content (AvgIpc) is 2.75. The molecule has 0 heterocycles. The molecule has 0 saturated heterocycles. The van der Waals surface area contributed by atoms with Crippen molar-refractivity contribution in [2.45, 2.75) is 78.5 Å². The summed E-state index contributed by atoms with van der Waals surface area (Å²) in [5, 5.41) is 20.9. The second kappa shape index (κ2) is 14.8. The van der Waals surface area contributed by atoms with Crippen LogP contribution in [-0.2, 0) is 9.53 Å². The highest BCUT2D eigenvalue weighted by molar-refractivity contribution is 6.04. The molecule has 2 atom stereocenters. The van der Waals surface area contributed by atoms with E-state index in [4.69, 9.17) is 4.74 Å². The van der Waals surface area contributed by atoms with Gasteiger partial charge >= 0.3 is 12.5 Å². The van der Waals surface area contributed by atoms with Gasteiger partial charge < -0.3 is 30.5 Å². The smallest absolute Gasteiger partial charge is 0.444 e. The Morgan fingerprint density at radius 1 is 1.08 bits per heavy atom. The maximum atomic E-state index is 12.8. The van der Waals surface area contributed by atoms with Crippen LogP contribution >= 0.6 is 0 Å². The minimum atomic E-state index is -5.01. The molecule has 0 aliphatic carbocycles. The Bertz CT molecular complexity index is 935. The van der Waals surface area contributed by atoms with E-state index in [0.717, 1.165) is 18.2 Å². The molecule has 216 valence electrons. The molecule has 1 rings (SSSR count). The third-order valence-corrected chi connectivity index (χ3v) is 4.83. The lowest BCUT2D eigenvalue weighted by Crippen LogP contribution is -2.52. The van der Waals surface area contributed by atoms with E-state index in [1.807, 2.05) is 20.8 Å². The third kappa shape index (κ3) is 13.5. The van der Waals surface area contributed by atoms with Crippen LogP contribution in [0, 0.1) is 5.92 Å². The summed E-state index contributed by atoms with van der Waals surface area (Å²) in [6.07, 6.45) is -5.62. The fourth-order valence-corrected chi connectivity index (χ4v) is 3.25. The first kappa shape index (κ1) is 33.0. The highest BCUT2D eigenvalue weighted by atomic mass is 19.4. The van der Waals surface area contributed by atoms with Crippen LogP contribution in [0.15, 0.2) is 18.2 Å². The number of benzene rings is 1. The van der Waals surface area contributed by atoms with Crippen LogP contribution in [0.4, 0.5) is 23.7 Å². The fourth-order valence-electron chi connectivity index (χ4n) is 3.25. The number of anilines is 1. The van der Waals surface area contributed by atoms with E-state index in [0.29, 0.717) is 31.8 Å². The van der Waals surface area contributed by atoms with Gasteiger partial charge in [0.1, 0.15) is 11.4 Å². The molecule has 0 bridgehead atoms. The Kier molecular flexibility index (Phi) is 12.8. The predicted octanol–water partition coefficient (Wildman–Crippen LogP) is 3.55. The molecule has 10 nitrogen and oxygen atoms in total. The minimum Gasteiger partial charge on any atom is -0.444 e. The van der Waals surface area contributed by atoms with Gasteiger partial charge in [0.05, 0.1) is 29.9 Å². The van der Waals surface area contributed by atoms with E-state index in [-0.39, 0.29) is 11.3 Å². The van der Waals surface area contributed by atoms with Crippen molar-refractivity contribution in [1.82, 2.24) is 16.0 Å².